The van der Waals surface area contributed by atoms with Crippen LogP contribution in [-0.4, -0.2) is 38.8 Å². The second kappa shape index (κ2) is 6.40. The average molecular weight is 436 g/mol. The Bertz CT molecular complexity index is 1110. The number of halogens is 1. The van der Waals surface area contributed by atoms with Gasteiger partial charge in [0.05, 0.1) is 0 Å². The van der Waals surface area contributed by atoms with Gasteiger partial charge in [0.1, 0.15) is 5.82 Å². The summed E-state index contributed by atoms with van der Waals surface area (Å²) in [6.07, 6.45) is 3.89. The number of sulfonamides is 1. The molecule has 0 saturated heterocycles. The van der Waals surface area contributed by atoms with E-state index >= 15 is 0 Å². The van der Waals surface area contributed by atoms with Gasteiger partial charge in [-0.15, -0.1) is 0 Å². The summed E-state index contributed by atoms with van der Waals surface area (Å²) in [5.74, 6) is 0.701. The first-order valence-electron chi connectivity index (χ1n) is 8.36. The number of imidazole rings is 1. The van der Waals surface area contributed by atoms with Gasteiger partial charge in [0.25, 0.3) is 10.0 Å². The Morgan fingerprint density at radius 1 is 1.27 bits per heavy atom. The molecule has 0 saturated carbocycles. The van der Waals surface area contributed by atoms with Crippen LogP contribution in [-0.2, 0) is 29.5 Å². The molecule has 26 heavy (non-hydrogen) atoms. The van der Waals surface area contributed by atoms with E-state index in [1.807, 2.05) is 30.5 Å². The molecule has 4 rings (SSSR count). The molecule has 0 atom stereocenters. The van der Waals surface area contributed by atoms with Crippen molar-refractivity contribution in [1.29, 1.82) is 0 Å². The second-order valence-electron chi connectivity index (χ2n) is 6.30. The standard InChI is InChI=1S/C17H18BrN5O2S/c1-3-22-10-16(20-11(22)2)26(24,25)23-5-4-15-13(9-23)6-12-7-14(18)8-19-17(12)21-15/h6-8,10H,3-5,9H2,1-2H3. The lowest BCUT2D eigenvalue weighted by Crippen LogP contribution is -2.36. The Labute approximate surface area is 160 Å². The van der Waals surface area contributed by atoms with E-state index in [-0.39, 0.29) is 5.03 Å². The molecule has 1 aliphatic rings. The molecule has 0 amide bonds. The maximum Gasteiger partial charge on any atom is 0.262 e. The molecule has 136 valence electrons. The largest absolute Gasteiger partial charge is 0.334 e. The molecule has 9 heteroatoms. The fourth-order valence-corrected chi connectivity index (χ4v) is 4.99. The molecule has 4 heterocycles. The number of hydrogen-bond donors (Lipinski definition) is 0. The van der Waals surface area contributed by atoms with Gasteiger partial charge >= 0.3 is 0 Å². The zero-order valence-electron chi connectivity index (χ0n) is 14.5. The monoisotopic (exact) mass is 435 g/mol. The summed E-state index contributed by atoms with van der Waals surface area (Å²) >= 11 is 3.41. The summed E-state index contributed by atoms with van der Waals surface area (Å²) in [7, 11) is -3.63. The Morgan fingerprint density at radius 3 is 2.81 bits per heavy atom. The summed E-state index contributed by atoms with van der Waals surface area (Å²) in [5.41, 5.74) is 2.51. The summed E-state index contributed by atoms with van der Waals surface area (Å²) < 4.78 is 30.2. The summed E-state index contributed by atoms with van der Waals surface area (Å²) in [6, 6.07) is 3.92. The zero-order valence-corrected chi connectivity index (χ0v) is 16.9. The van der Waals surface area contributed by atoms with Crippen LogP contribution in [0.25, 0.3) is 11.0 Å². The summed E-state index contributed by atoms with van der Waals surface area (Å²) in [4.78, 5) is 13.2. The number of aryl methyl sites for hydroxylation is 2. The molecule has 0 spiro atoms. The third-order valence-corrected chi connectivity index (χ3v) is 6.80. The highest BCUT2D eigenvalue weighted by Gasteiger charge is 2.31. The van der Waals surface area contributed by atoms with Crippen LogP contribution in [0.3, 0.4) is 0 Å². The normalized spacial score (nSPS) is 15.3. The van der Waals surface area contributed by atoms with Gasteiger partial charge < -0.3 is 4.57 Å². The van der Waals surface area contributed by atoms with Crippen LogP contribution >= 0.6 is 15.9 Å². The highest BCUT2D eigenvalue weighted by Crippen LogP contribution is 2.27. The van der Waals surface area contributed by atoms with E-state index in [0.717, 1.165) is 21.1 Å². The van der Waals surface area contributed by atoms with Crippen LogP contribution in [0.1, 0.15) is 24.0 Å². The van der Waals surface area contributed by atoms with Crippen molar-refractivity contribution in [2.24, 2.45) is 0 Å². The number of fused-ring (bicyclic) bond motifs is 2. The van der Waals surface area contributed by atoms with E-state index in [0.29, 0.717) is 37.5 Å². The molecule has 1 aliphatic heterocycles. The minimum atomic E-state index is -3.63. The van der Waals surface area contributed by atoms with E-state index < -0.39 is 10.0 Å². The summed E-state index contributed by atoms with van der Waals surface area (Å²) in [6.45, 7) is 5.16. The van der Waals surface area contributed by atoms with E-state index in [1.54, 1.807) is 12.4 Å². The van der Waals surface area contributed by atoms with Gasteiger partial charge in [-0.1, -0.05) is 0 Å². The lowest BCUT2D eigenvalue weighted by atomic mass is 10.1. The van der Waals surface area contributed by atoms with E-state index in [9.17, 15) is 8.42 Å². The van der Waals surface area contributed by atoms with Crippen molar-refractivity contribution in [2.45, 2.75) is 38.4 Å². The fourth-order valence-electron chi connectivity index (χ4n) is 3.23. The molecule has 0 fully saturated rings. The third-order valence-electron chi connectivity index (χ3n) is 4.65. The van der Waals surface area contributed by atoms with Crippen LogP contribution in [0.5, 0.6) is 0 Å². The number of aromatic nitrogens is 4. The lowest BCUT2D eigenvalue weighted by molar-refractivity contribution is 0.387. The van der Waals surface area contributed by atoms with Gasteiger partial charge in [-0.05, 0) is 47.5 Å². The minimum absolute atomic E-state index is 0.110. The Hall–Kier alpha value is -1.84. The molecule has 0 aliphatic carbocycles. The Balaban J connectivity index is 1.70. The highest BCUT2D eigenvalue weighted by molar-refractivity contribution is 9.10. The molecular weight excluding hydrogens is 418 g/mol. The van der Waals surface area contributed by atoms with Gasteiger partial charge in [-0.2, -0.15) is 4.31 Å². The first-order chi connectivity index (χ1) is 12.4. The van der Waals surface area contributed by atoms with Crippen molar-refractivity contribution in [2.75, 3.05) is 6.54 Å². The Morgan fingerprint density at radius 2 is 2.08 bits per heavy atom. The van der Waals surface area contributed by atoms with Crippen LogP contribution in [0, 0.1) is 6.92 Å². The topological polar surface area (TPSA) is 81.0 Å². The first-order valence-corrected chi connectivity index (χ1v) is 10.6. The van der Waals surface area contributed by atoms with Crippen molar-refractivity contribution in [3.63, 3.8) is 0 Å². The van der Waals surface area contributed by atoms with Crippen LogP contribution in [0.2, 0.25) is 0 Å². The molecule has 3 aromatic rings. The smallest absolute Gasteiger partial charge is 0.262 e. The minimum Gasteiger partial charge on any atom is -0.334 e. The SMILES string of the molecule is CCn1cc(S(=O)(=O)N2CCc3nc4ncc(Br)cc4cc3C2)nc1C. The highest BCUT2D eigenvalue weighted by atomic mass is 79.9. The van der Waals surface area contributed by atoms with Crippen LogP contribution < -0.4 is 0 Å². The van der Waals surface area contributed by atoms with Crippen molar-refractivity contribution in [3.8, 4) is 0 Å². The van der Waals surface area contributed by atoms with Gasteiger partial charge in [-0.25, -0.2) is 23.4 Å². The quantitative estimate of drug-likeness (QED) is 0.631. The second-order valence-corrected chi connectivity index (χ2v) is 9.10. The fraction of sp³-hybridized carbons (Fsp3) is 0.353. The predicted molar refractivity (Wildman–Crippen MR) is 101 cm³/mol. The molecule has 0 radical (unpaired) electrons. The van der Waals surface area contributed by atoms with Crippen molar-refractivity contribution >= 4 is 37.0 Å². The molecule has 0 bridgehead atoms. The number of nitrogens with zero attached hydrogens (tertiary/aromatic N) is 5. The average Bonchev–Trinajstić information content (AvgIpc) is 3.01. The van der Waals surface area contributed by atoms with Crippen molar-refractivity contribution in [3.05, 3.63) is 46.1 Å². The number of rotatable bonds is 3. The Kier molecular flexibility index (Phi) is 4.32. The molecule has 7 nitrogen and oxygen atoms in total. The first kappa shape index (κ1) is 17.6. The molecule has 0 unspecified atom stereocenters. The third kappa shape index (κ3) is 2.93. The van der Waals surface area contributed by atoms with Gasteiger partial charge in [-0.3, -0.25) is 0 Å². The summed E-state index contributed by atoms with van der Waals surface area (Å²) in [5, 5.41) is 1.00. The zero-order chi connectivity index (χ0) is 18.5. The van der Waals surface area contributed by atoms with Crippen LogP contribution in [0.15, 0.2) is 34.0 Å². The molecule has 0 N–H and O–H groups in total. The maximum atomic E-state index is 13.0. The lowest BCUT2D eigenvalue weighted by Gasteiger charge is -2.26. The maximum absolute atomic E-state index is 13.0. The van der Waals surface area contributed by atoms with Gasteiger partial charge in [0.15, 0.2) is 10.7 Å². The van der Waals surface area contributed by atoms with E-state index in [2.05, 4.69) is 30.9 Å². The molecule has 3 aromatic heterocycles. The number of pyridine rings is 2. The van der Waals surface area contributed by atoms with Crippen molar-refractivity contribution < 1.29 is 8.42 Å². The molecule has 0 aromatic carbocycles. The van der Waals surface area contributed by atoms with Crippen molar-refractivity contribution in [1.82, 2.24) is 23.8 Å². The van der Waals surface area contributed by atoms with Gasteiger partial charge in [0.2, 0.25) is 0 Å². The molecular formula is C17H18BrN5O2S. The predicted octanol–water partition coefficient (Wildman–Crippen LogP) is 2.66. The van der Waals surface area contributed by atoms with Crippen LogP contribution in [0.4, 0.5) is 0 Å². The number of hydrogen-bond acceptors (Lipinski definition) is 5. The van der Waals surface area contributed by atoms with Gasteiger partial charge in [0, 0.05) is 54.0 Å². The van der Waals surface area contributed by atoms with E-state index in [1.165, 1.54) is 4.31 Å². The van der Waals surface area contributed by atoms with E-state index in [4.69, 9.17) is 0 Å².